The van der Waals surface area contributed by atoms with Gasteiger partial charge in [0.2, 0.25) is 0 Å². The molecule has 4 nitrogen and oxygen atoms in total. The molecule has 0 aliphatic carbocycles. The van der Waals surface area contributed by atoms with Crippen molar-refractivity contribution >= 4 is 5.97 Å². The predicted molar refractivity (Wildman–Crippen MR) is 116 cm³/mol. The van der Waals surface area contributed by atoms with Gasteiger partial charge in [-0.25, -0.2) is 4.79 Å². The Balaban J connectivity index is 1.47. The third-order valence-electron chi connectivity index (χ3n) is 5.28. The minimum Gasteiger partial charge on any atom is -0.494 e. The maximum Gasteiger partial charge on any atom is 0.330 e. The molecule has 0 N–H and O–H groups in total. The van der Waals surface area contributed by atoms with Gasteiger partial charge in [-0.15, -0.1) is 5.06 Å². The number of rotatable bonds is 7. The number of hydrogen-bond donors (Lipinski definition) is 0. The molecule has 0 spiro atoms. The van der Waals surface area contributed by atoms with E-state index in [0.29, 0.717) is 6.61 Å². The second-order valence-corrected chi connectivity index (χ2v) is 8.86. The van der Waals surface area contributed by atoms with Crippen LogP contribution >= 0.6 is 0 Å². The Hall–Kier alpha value is -2.33. The minimum atomic E-state index is -0.486. The molecule has 0 radical (unpaired) electrons. The molecule has 1 saturated heterocycles. The third-order valence-corrected chi connectivity index (χ3v) is 5.28. The van der Waals surface area contributed by atoms with Crippen LogP contribution in [0.25, 0.3) is 0 Å². The van der Waals surface area contributed by atoms with Gasteiger partial charge in [-0.3, -0.25) is 0 Å². The number of hydroxylamine groups is 2. The Morgan fingerprint density at radius 1 is 1.00 bits per heavy atom. The van der Waals surface area contributed by atoms with Crippen LogP contribution in [0.4, 0.5) is 0 Å². The fourth-order valence-electron chi connectivity index (χ4n) is 3.47. The van der Waals surface area contributed by atoms with E-state index in [1.165, 1.54) is 17.5 Å². The summed E-state index contributed by atoms with van der Waals surface area (Å²) in [5.41, 5.74) is 2.10. The van der Waals surface area contributed by atoms with Crippen LogP contribution in [-0.2, 0) is 16.1 Å². The largest absolute Gasteiger partial charge is 0.494 e. The lowest BCUT2D eigenvalue weighted by molar-refractivity contribution is -0.218. The normalized spacial score (nSPS) is 17.7. The summed E-state index contributed by atoms with van der Waals surface area (Å²) in [6.07, 6.45) is 5.05. The van der Waals surface area contributed by atoms with Crippen LogP contribution in [0.5, 0.6) is 5.75 Å². The molecule has 2 aromatic rings. The van der Waals surface area contributed by atoms with Crippen molar-refractivity contribution in [3.63, 3.8) is 0 Å². The summed E-state index contributed by atoms with van der Waals surface area (Å²) in [4.78, 5) is 17.9. The lowest BCUT2D eigenvalue weighted by Crippen LogP contribution is -2.43. The van der Waals surface area contributed by atoms with E-state index in [1.807, 2.05) is 44.0 Å². The monoisotopic (exact) mass is 395 g/mol. The second-order valence-electron chi connectivity index (χ2n) is 8.86. The van der Waals surface area contributed by atoms with Crippen molar-refractivity contribution in [2.75, 3.05) is 13.2 Å². The molecular formula is C25H33NO3. The van der Waals surface area contributed by atoms with Crippen molar-refractivity contribution in [2.45, 2.75) is 58.9 Å². The number of hydrogen-bond acceptors (Lipinski definition) is 4. The highest BCUT2D eigenvalue weighted by Gasteiger charge is 2.30. The highest BCUT2D eigenvalue weighted by molar-refractivity contribution is 5.75. The predicted octanol–water partition coefficient (Wildman–Crippen LogP) is 5.41. The van der Waals surface area contributed by atoms with Crippen molar-refractivity contribution in [1.29, 1.82) is 0 Å². The van der Waals surface area contributed by atoms with Gasteiger partial charge >= 0.3 is 5.97 Å². The van der Waals surface area contributed by atoms with Gasteiger partial charge in [0.05, 0.1) is 12.0 Å². The Morgan fingerprint density at radius 2 is 1.69 bits per heavy atom. The summed E-state index contributed by atoms with van der Waals surface area (Å²) in [5, 5.41) is 1.88. The van der Waals surface area contributed by atoms with Crippen molar-refractivity contribution in [2.24, 2.45) is 5.41 Å². The zero-order chi connectivity index (χ0) is 20.7. The first-order chi connectivity index (χ1) is 13.9. The number of benzene rings is 2. The molecule has 1 aliphatic heterocycles. The van der Waals surface area contributed by atoms with Gasteiger partial charge in [-0.05, 0) is 63.3 Å². The summed E-state index contributed by atoms with van der Waals surface area (Å²) in [6, 6.07) is 19.0. The van der Waals surface area contributed by atoms with Crippen molar-refractivity contribution < 1.29 is 14.4 Å². The molecular weight excluding hydrogens is 362 g/mol. The molecule has 1 fully saturated rings. The Morgan fingerprint density at radius 3 is 2.38 bits per heavy atom. The lowest BCUT2D eigenvalue weighted by Gasteiger charge is -2.35. The number of carbonyl (C=O) groups excluding carboxylic acids is 1. The van der Waals surface area contributed by atoms with Crippen molar-refractivity contribution in [3.8, 4) is 5.75 Å². The molecule has 3 rings (SSSR count). The number of piperidine rings is 1. The van der Waals surface area contributed by atoms with Gasteiger partial charge in [0, 0.05) is 19.0 Å². The van der Waals surface area contributed by atoms with E-state index in [0.717, 1.165) is 38.0 Å². The van der Waals surface area contributed by atoms with E-state index in [1.54, 1.807) is 0 Å². The maximum absolute atomic E-state index is 12.2. The van der Waals surface area contributed by atoms with Crippen LogP contribution in [-0.4, -0.2) is 30.2 Å². The van der Waals surface area contributed by atoms with Crippen LogP contribution < -0.4 is 4.74 Å². The molecule has 0 unspecified atom stereocenters. The Labute approximate surface area is 174 Å². The highest BCUT2D eigenvalue weighted by atomic mass is 16.7. The zero-order valence-electron chi connectivity index (χ0n) is 17.9. The molecule has 1 aliphatic rings. The lowest BCUT2D eigenvalue weighted by atomic mass is 9.97. The van der Waals surface area contributed by atoms with Gasteiger partial charge in [-0.1, -0.05) is 48.9 Å². The molecule has 0 bridgehead atoms. The van der Waals surface area contributed by atoms with E-state index in [2.05, 4.69) is 36.4 Å². The number of carbonyl (C=O) groups is 1. The minimum absolute atomic E-state index is 0.167. The molecule has 29 heavy (non-hydrogen) atoms. The average Bonchev–Trinajstić information content (AvgIpc) is 2.70. The summed E-state index contributed by atoms with van der Waals surface area (Å²) >= 11 is 0. The number of nitrogens with zero attached hydrogens (tertiary/aromatic N) is 1. The van der Waals surface area contributed by atoms with E-state index < -0.39 is 5.41 Å². The SMILES string of the molecule is CC(C)(C)C(=O)ON1CCCC[C@H]1CCOc1ccc(Cc2ccccc2)cc1. The van der Waals surface area contributed by atoms with Gasteiger partial charge < -0.3 is 9.57 Å². The molecule has 2 aromatic carbocycles. The first-order valence-electron chi connectivity index (χ1n) is 10.7. The van der Waals surface area contributed by atoms with Crippen LogP contribution in [0.3, 0.4) is 0 Å². The quantitative estimate of drug-likeness (QED) is 0.629. The molecule has 4 heteroatoms. The van der Waals surface area contributed by atoms with Gasteiger partial charge in [-0.2, -0.15) is 0 Å². The summed E-state index contributed by atoms with van der Waals surface area (Å²) in [6.45, 7) is 7.09. The summed E-state index contributed by atoms with van der Waals surface area (Å²) in [5.74, 6) is 0.718. The molecule has 1 atom stereocenters. The van der Waals surface area contributed by atoms with Gasteiger partial charge in [0.25, 0.3) is 0 Å². The first kappa shape index (κ1) is 21.4. The summed E-state index contributed by atoms with van der Waals surface area (Å²) < 4.78 is 5.97. The van der Waals surface area contributed by atoms with Crippen LogP contribution in [0.1, 0.15) is 57.6 Å². The molecule has 156 valence electrons. The van der Waals surface area contributed by atoms with Crippen molar-refractivity contribution in [1.82, 2.24) is 5.06 Å². The standard InChI is InChI=1S/C25H33NO3/c1-25(2,3)24(27)29-26-17-8-7-11-22(26)16-18-28-23-14-12-21(13-15-23)19-20-9-5-4-6-10-20/h4-6,9-10,12-15,22H,7-8,11,16-19H2,1-3H3/t22-/m0/s1. The highest BCUT2D eigenvalue weighted by Crippen LogP contribution is 2.24. The first-order valence-corrected chi connectivity index (χ1v) is 10.7. The molecule has 0 amide bonds. The topological polar surface area (TPSA) is 38.8 Å². The van der Waals surface area contributed by atoms with Gasteiger partial charge in [0.1, 0.15) is 5.75 Å². The van der Waals surface area contributed by atoms with Crippen LogP contribution in [0, 0.1) is 5.41 Å². The van der Waals surface area contributed by atoms with Crippen LogP contribution in [0.15, 0.2) is 54.6 Å². The fourth-order valence-corrected chi connectivity index (χ4v) is 3.47. The Kier molecular flexibility index (Phi) is 7.32. The fraction of sp³-hybridized carbons (Fsp3) is 0.480. The average molecular weight is 396 g/mol. The van der Waals surface area contributed by atoms with Crippen LogP contribution in [0.2, 0.25) is 0 Å². The smallest absolute Gasteiger partial charge is 0.330 e. The van der Waals surface area contributed by atoms with E-state index >= 15 is 0 Å². The Bertz CT molecular complexity index is 765. The maximum atomic E-state index is 12.2. The number of ether oxygens (including phenoxy) is 1. The molecule has 0 saturated carbocycles. The molecule has 0 aromatic heterocycles. The third kappa shape index (κ3) is 6.60. The molecule has 1 heterocycles. The second kappa shape index (κ2) is 9.93. The van der Waals surface area contributed by atoms with Gasteiger partial charge in [0.15, 0.2) is 0 Å². The van der Waals surface area contributed by atoms with E-state index in [4.69, 9.17) is 9.57 Å². The van der Waals surface area contributed by atoms with E-state index in [-0.39, 0.29) is 12.0 Å². The zero-order valence-corrected chi connectivity index (χ0v) is 17.9. The van der Waals surface area contributed by atoms with E-state index in [9.17, 15) is 4.79 Å². The van der Waals surface area contributed by atoms with Crippen molar-refractivity contribution in [3.05, 3.63) is 65.7 Å². The summed E-state index contributed by atoms with van der Waals surface area (Å²) in [7, 11) is 0.